The zero-order chi connectivity index (χ0) is 9.56. The van der Waals surface area contributed by atoms with Crippen LogP contribution in [0.4, 0.5) is 0 Å². The molecule has 0 aliphatic rings. The van der Waals surface area contributed by atoms with Crippen molar-refractivity contribution in [3.05, 3.63) is 0 Å². The van der Waals surface area contributed by atoms with E-state index in [2.05, 4.69) is 0 Å². The topological polar surface area (TPSA) is 46.5 Å². The first kappa shape index (κ1) is 11.4. The van der Waals surface area contributed by atoms with Gasteiger partial charge >= 0.3 is 5.97 Å². The summed E-state index contributed by atoms with van der Waals surface area (Å²) in [7, 11) is 0. The van der Waals surface area contributed by atoms with E-state index in [9.17, 15) is 4.79 Å². The van der Waals surface area contributed by atoms with Crippen LogP contribution < -0.4 is 0 Å². The van der Waals surface area contributed by atoms with Crippen molar-refractivity contribution in [2.75, 3.05) is 6.61 Å². The molecule has 72 valence electrons. The lowest BCUT2D eigenvalue weighted by Gasteiger charge is -2.10. The van der Waals surface area contributed by atoms with Gasteiger partial charge < -0.3 is 9.84 Å². The molecular formula is C9H18O3. The molecule has 0 bridgehead atoms. The van der Waals surface area contributed by atoms with Crippen molar-refractivity contribution in [1.29, 1.82) is 0 Å². The first-order valence-electron chi connectivity index (χ1n) is 4.42. The van der Waals surface area contributed by atoms with Crippen LogP contribution in [0.25, 0.3) is 0 Å². The number of hydrogen-bond donors (Lipinski definition) is 1. The molecule has 0 saturated carbocycles. The van der Waals surface area contributed by atoms with Gasteiger partial charge in [-0.2, -0.15) is 0 Å². The van der Waals surface area contributed by atoms with Gasteiger partial charge in [-0.15, -0.1) is 0 Å². The lowest BCUT2D eigenvalue weighted by atomic mass is 10.0. The summed E-state index contributed by atoms with van der Waals surface area (Å²) in [5, 5.41) is 8.96. The number of carbonyl (C=O) groups is 1. The number of ether oxygens (including phenoxy) is 1. The zero-order valence-electron chi connectivity index (χ0n) is 8.04. The number of aliphatic hydroxyl groups excluding tert-OH is 1. The van der Waals surface area contributed by atoms with Crippen LogP contribution in [0.2, 0.25) is 0 Å². The Morgan fingerprint density at radius 3 is 2.42 bits per heavy atom. The highest BCUT2D eigenvalue weighted by atomic mass is 16.5. The summed E-state index contributed by atoms with van der Waals surface area (Å²) in [6, 6.07) is 0. The number of carbonyl (C=O) groups excluding carboxylic acids is 1. The van der Waals surface area contributed by atoms with E-state index in [1.165, 1.54) is 0 Å². The Kier molecular flexibility index (Phi) is 5.72. The van der Waals surface area contributed by atoms with Crippen molar-refractivity contribution in [3.63, 3.8) is 0 Å². The lowest BCUT2D eigenvalue weighted by Crippen LogP contribution is -2.16. The van der Waals surface area contributed by atoms with E-state index in [0.717, 1.165) is 0 Å². The highest BCUT2D eigenvalue weighted by molar-refractivity contribution is 5.71. The van der Waals surface area contributed by atoms with Gasteiger partial charge in [-0.1, -0.05) is 6.92 Å². The quantitative estimate of drug-likeness (QED) is 0.640. The highest BCUT2D eigenvalue weighted by Gasteiger charge is 2.13. The molecule has 0 amide bonds. The predicted molar refractivity (Wildman–Crippen MR) is 46.7 cm³/mol. The monoisotopic (exact) mass is 174 g/mol. The van der Waals surface area contributed by atoms with Crippen LogP contribution in [0.3, 0.4) is 0 Å². The van der Waals surface area contributed by atoms with Gasteiger partial charge in [0.1, 0.15) is 0 Å². The molecule has 0 aromatic carbocycles. The van der Waals surface area contributed by atoms with Gasteiger partial charge in [-0.3, -0.25) is 4.79 Å². The van der Waals surface area contributed by atoms with Crippen LogP contribution in [-0.2, 0) is 9.53 Å². The molecule has 0 fully saturated rings. The molecule has 0 heterocycles. The fraction of sp³-hybridized carbons (Fsp3) is 0.889. The number of esters is 1. The average Bonchev–Trinajstić information content (AvgIpc) is 2.00. The molecule has 2 atom stereocenters. The van der Waals surface area contributed by atoms with Gasteiger partial charge in [-0.05, 0) is 26.7 Å². The second-order valence-corrected chi connectivity index (χ2v) is 3.08. The summed E-state index contributed by atoms with van der Waals surface area (Å²) in [6.45, 7) is 5.76. The smallest absolute Gasteiger partial charge is 0.308 e. The molecule has 12 heavy (non-hydrogen) atoms. The summed E-state index contributed by atoms with van der Waals surface area (Å²) < 4.78 is 4.82. The molecule has 0 rings (SSSR count). The van der Waals surface area contributed by atoms with Crippen LogP contribution in [0.5, 0.6) is 0 Å². The zero-order valence-corrected chi connectivity index (χ0v) is 8.04. The maximum atomic E-state index is 11.1. The molecule has 3 heteroatoms. The molecule has 0 radical (unpaired) electrons. The molecule has 0 saturated heterocycles. The van der Waals surface area contributed by atoms with Crippen LogP contribution in [-0.4, -0.2) is 23.8 Å². The number of aliphatic hydroxyl groups is 1. The van der Waals surface area contributed by atoms with Crippen molar-refractivity contribution in [1.82, 2.24) is 0 Å². The maximum Gasteiger partial charge on any atom is 0.308 e. The van der Waals surface area contributed by atoms with Crippen molar-refractivity contribution in [3.8, 4) is 0 Å². The molecule has 2 unspecified atom stereocenters. The maximum absolute atomic E-state index is 11.1. The van der Waals surface area contributed by atoms with E-state index in [1.54, 1.807) is 13.8 Å². The Hall–Kier alpha value is -0.570. The van der Waals surface area contributed by atoms with Crippen molar-refractivity contribution in [2.24, 2.45) is 5.92 Å². The molecule has 0 aliphatic carbocycles. The largest absolute Gasteiger partial charge is 0.466 e. The van der Waals surface area contributed by atoms with E-state index >= 15 is 0 Å². The van der Waals surface area contributed by atoms with E-state index in [4.69, 9.17) is 9.84 Å². The summed E-state index contributed by atoms with van der Waals surface area (Å²) >= 11 is 0. The van der Waals surface area contributed by atoms with Gasteiger partial charge in [0, 0.05) is 0 Å². The first-order chi connectivity index (χ1) is 5.57. The second-order valence-electron chi connectivity index (χ2n) is 3.08. The molecule has 0 aliphatic heterocycles. The Morgan fingerprint density at radius 1 is 1.42 bits per heavy atom. The predicted octanol–water partition coefficient (Wildman–Crippen LogP) is 1.35. The van der Waals surface area contributed by atoms with E-state index in [1.807, 2.05) is 6.92 Å². The third-order valence-corrected chi connectivity index (χ3v) is 1.71. The molecule has 3 nitrogen and oxygen atoms in total. The van der Waals surface area contributed by atoms with E-state index in [0.29, 0.717) is 19.4 Å². The fourth-order valence-electron chi connectivity index (χ4n) is 0.894. The van der Waals surface area contributed by atoms with Crippen LogP contribution in [0.1, 0.15) is 33.6 Å². The minimum absolute atomic E-state index is 0.0976. The van der Waals surface area contributed by atoms with E-state index in [-0.39, 0.29) is 18.0 Å². The van der Waals surface area contributed by atoms with Crippen molar-refractivity contribution in [2.45, 2.75) is 39.7 Å². The van der Waals surface area contributed by atoms with Gasteiger partial charge in [0.2, 0.25) is 0 Å². The Bertz CT molecular complexity index is 132. The summed E-state index contributed by atoms with van der Waals surface area (Å²) in [6.07, 6.45) is 1.01. The Morgan fingerprint density at radius 2 is 2.00 bits per heavy atom. The van der Waals surface area contributed by atoms with Gasteiger partial charge in [0.25, 0.3) is 0 Å². The van der Waals surface area contributed by atoms with Crippen LogP contribution in [0, 0.1) is 5.92 Å². The summed E-state index contributed by atoms with van der Waals surface area (Å²) in [4.78, 5) is 11.1. The van der Waals surface area contributed by atoms with Gasteiger partial charge in [-0.25, -0.2) is 0 Å². The van der Waals surface area contributed by atoms with Gasteiger partial charge in [0.15, 0.2) is 0 Å². The van der Waals surface area contributed by atoms with Crippen LogP contribution in [0.15, 0.2) is 0 Å². The molecule has 0 spiro atoms. The second kappa shape index (κ2) is 6.00. The molecule has 0 aromatic heterocycles. The number of rotatable bonds is 5. The minimum Gasteiger partial charge on any atom is -0.466 e. The summed E-state index contributed by atoms with van der Waals surface area (Å²) in [5.74, 6) is -0.266. The minimum atomic E-state index is -0.332. The normalized spacial score (nSPS) is 15.3. The van der Waals surface area contributed by atoms with Crippen molar-refractivity contribution >= 4 is 5.97 Å². The van der Waals surface area contributed by atoms with Crippen LogP contribution >= 0.6 is 0 Å². The standard InChI is InChI=1S/C9H18O3/c1-4-12-9(11)7(2)5-6-8(3)10/h7-8,10H,4-6H2,1-3H3. The SMILES string of the molecule is CCOC(=O)C(C)CCC(C)O. The Labute approximate surface area is 73.7 Å². The van der Waals surface area contributed by atoms with Gasteiger partial charge in [0.05, 0.1) is 18.6 Å². The molecular weight excluding hydrogens is 156 g/mol. The molecule has 1 N–H and O–H groups in total. The lowest BCUT2D eigenvalue weighted by molar-refractivity contribution is -0.147. The number of hydrogen-bond acceptors (Lipinski definition) is 3. The molecule has 0 aromatic rings. The summed E-state index contributed by atoms with van der Waals surface area (Å²) in [5.41, 5.74) is 0. The van der Waals surface area contributed by atoms with Crippen molar-refractivity contribution < 1.29 is 14.6 Å². The highest BCUT2D eigenvalue weighted by Crippen LogP contribution is 2.09. The Balaban J connectivity index is 3.56. The first-order valence-corrected chi connectivity index (χ1v) is 4.42. The fourth-order valence-corrected chi connectivity index (χ4v) is 0.894. The average molecular weight is 174 g/mol. The third-order valence-electron chi connectivity index (χ3n) is 1.71. The third kappa shape index (κ3) is 5.13. The van der Waals surface area contributed by atoms with E-state index < -0.39 is 0 Å².